The summed E-state index contributed by atoms with van der Waals surface area (Å²) in [7, 11) is 0. The maximum absolute atomic E-state index is 5.90. The minimum Gasteiger partial charge on any atom is -0.464 e. The summed E-state index contributed by atoms with van der Waals surface area (Å²) in [5.74, 6) is 6.24. The van der Waals surface area contributed by atoms with Crippen molar-refractivity contribution in [3.05, 3.63) is 23.7 Å². The molecule has 4 aliphatic rings. The van der Waals surface area contributed by atoms with Crippen LogP contribution < -0.4 is 5.32 Å². The van der Waals surface area contributed by atoms with Crippen molar-refractivity contribution in [1.82, 2.24) is 5.32 Å². The minimum absolute atomic E-state index is 0.446. The molecule has 110 valence electrons. The first-order chi connectivity index (χ1) is 9.75. The predicted molar refractivity (Wildman–Crippen MR) is 83.7 cm³/mol. The molecule has 4 aliphatic carbocycles. The Morgan fingerprint density at radius 3 is 2.30 bits per heavy atom. The Kier molecular flexibility index (Phi) is 3.38. The summed E-state index contributed by atoms with van der Waals surface area (Å²) in [6.07, 6.45) is 10.9. The van der Waals surface area contributed by atoms with Gasteiger partial charge in [0.1, 0.15) is 11.5 Å². The van der Waals surface area contributed by atoms with Gasteiger partial charge in [-0.2, -0.15) is 11.8 Å². The second-order valence-corrected chi connectivity index (χ2v) is 8.22. The molecule has 0 radical (unpaired) electrons. The molecule has 4 bridgehead atoms. The van der Waals surface area contributed by atoms with Crippen LogP contribution in [0.4, 0.5) is 0 Å². The van der Waals surface area contributed by atoms with Crippen molar-refractivity contribution in [3.63, 3.8) is 0 Å². The Balaban J connectivity index is 1.41. The standard InChI is InChI=1S/C17H25NOS/c1-20-11-16-3-2-15(19-16)10-18-17-7-12-4-13(8-17)6-14(5-12)9-17/h2-3,12-14,18H,4-11H2,1H3. The summed E-state index contributed by atoms with van der Waals surface area (Å²) in [4.78, 5) is 0. The topological polar surface area (TPSA) is 25.2 Å². The fraction of sp³-hybridized carbons (Fsp3) is 0.765. The molecule has 0 amide bonds. The highest BCUT2D eigenvalue weighted by molar-refractivity contribution is 7.97. The lowest BCUT2D eigenvalue weighted by atomic mass is 9.53. The highest BCUT2D eigenvalue weighted by Crippen LogP contribution is 2.55. The lowest BCUT2D eigenvalue weighted by molar-refractivity contribution is -0.0213. The van der Waals surface area contributed by atoms with Gasteiger partial charge in [0.2, 0.25) is 0 Å². The molecule has 1 heterocycles. The van der Waals surface area contributed by atoms with Gasteiger partial charge in [0.25, 0.3) is 0 Å². The third-order valence-electron chi connectivity index (χ3n) is 5.68. The Morgan fingerprint density at radius 2 is 1.70 bits per heavy atom. The van der Waals surface area contributed by atoms with E-state index in [9.17, 15) is 0 Å². The number of furan rings is 1. The summed E-state index contributed by atoms with van der Waals surface area (Å²) >= 11 is 1.82. The molecule has 0 spiro atoms. The summed E-state index contributed by atoms with van der Waals surface area (Å²) in [6.45, 7) is 0.917. The van der Waals surface area contributed by atoms with Crippen LogP contribution in [0, 0.1) is 17.8 Å². The zero-order chi connectivity index (χ0) is 13.6. The van der Waals surface area contributed by atoms with E-state index < -0.39 is 0 Å². The SMILES string of the molecule is CSCc1ccc(CNC23CC4CC(CC(C4)C2)C3)o1. The van der Waals surface area contributed by atoms with Crippen LogP contribution in [0.2, 0.25) is 0 Å². The summed E-state index contributed by atoms with van der Waals surface area (Å²) in [5.41, 5.74) is 0.446. The Labute approximate surface area is 126 Å². The highest BCUT2D eigenvalue weighted by Gasteiger charge is 2.50. The van der Waals surface area contributed by atoms with Crippen molar-refractivity contribution in [3.8, 4) is 0 Å². The van der Waals surface area contributed by atoms with Crippen molar-refractivity contribution < 1.29 is 4.42 Å². The van der Waals surface area contributed by atoms with Gasteiger partial charge in [-0.3, -0.25) is 0 Å². The lowest BCUT2D eigenvalue weighted by Gasteiger charge is -2.57. The first-order valence-electron chi connectivity index (χ1n) is 8.06. The number of hydrogen-bond donors (Lipinski definition) is 1. The molecule has 1 N–H and O–H groups in total. The van der Waals surface area contributed by atoms with E-state index in [2.05, 4.69) is 23.7 Å². The average molecular weight is 291 g/mol. The van der Waals surface area contributed by atoms with Crippen LogP contribution in [-0.2, 0) is 12.3 Å². The molecule has 0 unspecified atom stereocenters. The molecule has 20 heavy (non-hydrogen) atoms. The molecule has 0 aliphatic heterocycles. The van der Waals surface area contributed by atoms with E-state index >= 15 is 0 Å². The summed E-state index contributed by atoms with van der Waals surface area (Å²) in [6, 6.07) is 4.28. The zero-order valence-electron chi connectivity index (χ0n) is 12.4. The third kappa shape index (κ3) is 2.43. The maximum atomic E-state index is 5.90. The van der Waals surface area contributed by atoms with Crippen molar-refractivity contribution >= 4 is 11.8 Å². The smallest absolute Gasteiger partial charge is 0.118 e. The fourth-order valence-electron chi connectivity index (χ4n) is 5.34. The summed E-state index contributed by atoms with van der Waals surface area (Å²) < 4.78 is 5.90. The number of thioether (sulfide) groups is 1. The van der Waals surface area contributed by atoms with E-state index in [0.717, 1.165) is 41.6 Å². The van der Waals surface area contributed by atoms with E-state index in [1.54, 1.807) is 0 Å². The van der Waals surface area contributed by atoms with E-state index in [1.807, 2.05) is 11.8 Å². The van der Waals surface area contributed by atoms with E-state index in [-0.39, 0.29) is 0 Å². The van der Waals surface area contributed by atoms with Gasteiger partial charge in [-0.25, -0.2) is 0 Å². The number of hydrogen-bond acceptors (Lipinski definition) is 3. The van der Waals surface area contributed by atoms with Gasteiger partial charge in [-0.1, -0.05) is 0 Å². The maximum Gasteiger partial charge on any atom is 0.118 e. The average Bonchev–Trinajstić information content (AvgIpc) is 2.83. The normalized spacial score (nSPS) is 38.5. The van der Waals surface area contributed by atoms with Crippen LogP contribution >= 0.6 is 11.8 Å². The molecule has 3 heteroatoms. The molecule has 1 aromatic heterocycles. The molecule has 5 rings (SSSR count). The van der Waals surface area contributed by atoms with Gasteiger partial charge < -0.3 is 9.73 Å². The fourth-order valence-corrected chi connectivity index (χ4v) is 5.78. The van der Waals surface area contributed by atoms with E-state index in [1.165, 1.54) is 38.5 Å². The van der Waals surface area contributed by atoms with Gasteiger partial charge in [0.05, 0.1) is 12.3 Å². The largest absolute Gasteiger partial charge is 0.464 e. The van der Waals surface area contributed by atoms with Crippen molar-refractivity contribution in [2.45, 2.75) is 56.4 Å². The molecule has 2 nitrogen and oxygen atoms in total. The molecule has 0 aromatic carbocycles. The van der Waals surface area contributed by atoms with Gasteiger partial charge in [-0.05, 0) is 74.7 Å². The Hall–Kier alpha value is -0.410. The van der Waals surface area contributed by atoms with Crippen LogP contribution in [0.5, 0.6) is 0 Å². The van der Waals surface area contributed by atoms with Gasteiger partial charge in [-0.15, -0.1) is 0 Å². The quantitative estimate of drug-likeness (QED) is 0.880. The van der Waals surface area contributed by atoms with Gasteiger partial charge in [0.15, 0.2) is 0 Å². The van der Waals surface area contributed by atoms with Crippen LogP contribution in [0.1, 0.15) is 50.0 Å². The molecule has 0 atom stereocenters. The van der Waals surface area contributed by atoms with Gasteiger partial charge in [0, 0.05) is 5.54 Å². The van der Waals surface area contributed by atoms with Crippen molar-refractivity contribution in [1.29, 1.82) is 0 Å². The number of rotatable bonds is 5. The second-order valence-electron chi connectivity index (χ2n) is 7.35. The van der Waals surface area contributed by atoms with Crippen LogP contribution in [0.3, 0.4) is 0 Å². The Bertz CT molecular complexity index is 446. The molecule has 4 saturated carbocycles. The van der Waals surface area contributed by atoms with E-state index in [4.69, 9.17) is 4.42 Å². The van der Waals surface area contributed by atoms with Crippen molar-refractivity contribution in [2.24, 2.45) is 17.8 Å². The monoisotopic (exact) mass is 291 g/mol. The van der Waals surface area contributed by atoms with E-state index in [0.29, 0.717) is 5.54 Å². The lowest BCUT2D eigenvalue weighted by Crippen LogP contribution is -2.58. The molecule has 4 fully saturated rings. The van der Waals surface area contributed by atoms with Crippen molar-refractivity contribution in [2.75, 3.05) is 6.26 Å². The van der Waals surface area contributed by atoms with Crippen LogP contribution in [0.15, 0.2) is 16.5 Å². The molecule has 1 aromatic rings. The first kappa shape index (κ1) is 13.3. The second kappa shape index (κ2) is 5.10. The highest BCUT2D eigenvalue weighted by atomic mass is 32.2. The number of nitrogens with one attached hydrogen (secondary N) is 1. The molecule has 0 saturated heterocycles. The minimum atomic E-state index is 0.446. The first-order valence-corrected chi connectivity index (χ1v) is 9.46. The third-order valence-corrected chi connectivity index (χ3v) is 6.25. The zero-order valence-corrected chi connectivity index (χ0v) is 13.2. The van der Waals surface area contributed by atoms with Crippen LogP contribution in [0.25, 0.3) is 0 Å². The van der Waals surface area contributed by atoms with Crippen LogP contribution in [-0.4, -0.2) is 11.8 Å². The molecular formula is C17H25NOS. The summed E-state index contributed by atoms with van der Waals surface area (Å²) in [5, 5.41) is 3.90. The Morgan fingerprint density at radius 1 is 1.10 bits per heavy atom. The molecular weight excluding hydrogens is 266 g/mol. The van der Waals surface area contributed by atoms with Gasteiger partial charge >= 0.3 is 0 Å². The predicted octanol–water partition coefficient (Wildman–Crippen LogP) is 4.20.